The predicted octanol–water partition coefficient (Wildman–Crippen LogP) is 1.52. The van der Waals surface area contributed by atoms with E-state index in [0.29, 0.717) is 5.52 Å². The maximum Gasteiger partial charge on any atom is 0.340 e. The molecule has 0 unspecified atom stereocenters. The molecule has 14 heavy (non-hydrogen) atoms. The number of aromatic nitrogens is 1. The second-order valence-electron chi connectivity index (χ2n) is 2.91. The lowest BCUT2D eigenvalue weighted by Crippen LogP contribution is -2.04. The average Bonchev–Trinajstić information content (AvgIpc) is 2.17. The number of pyridine rings is 1. The second-order valence-corrected chi connectivity index (χ2v) is 2.91. The fourth-order valence-corrected chi connectivity index (χ4v) is 1.39. The zero-order chi connectivity index (χ0) is 10.1. The van der Waals surface area contributed by atoms with Crippen molar-refractivity contribution in [2.45, 2.75) is 0 Å². The zero-order valence-corrected chi connectivity index (χ0v) is 7.27. The monoisotopic (exact) mass is 188 g/mol. The molecule has 2 aromatic rings. The van der Waals surface area contributed by atoms with E-state index in [9.17, 15) is 4.79 Å². The number of rotatable bonds is 1. The molecule has 0 aliphatic heterocycles. The number of aromatic carboxylic acids is 1. The highest BCUT2D eigenvalue weighted by molar-refractivity contribution is 6.06. The number of carbonyl (C=O) groups is 1. The van der Waals surface area contributed by atoms with Gasteiger partial charge in [-0.1, -0.05) is 12.1 Å². The van der Waals surface area contributed by atoms with Crippen molar-refractivity contribution >= 4 is 22.6 Å². The lowest BCUT2D eigenvalue weighted by molar-refractivity contribution is 0.0700. The topological polar surface area (TPSA) is 76.2 Å². The van der Waals surface area contributed by atoms with E-state index in [1.807, 2.05) is 0 Å². The van der Waals surface area contributed by atoms with Gasteiger partial charge in [-0.15, -0.1) is 0 Å². The van der Waals surface area contributed by atoms with Crippen molar-refractivity contribution in [2.75, 3.05) is 5.73 Å². The molecule has 1 aromatic heterocycles. The van der Waals surface area contributed by atoms with Crippen LogP contribution in [0.4, 0.5) is 5.69 Å². The summed E-state index contributed by atoms with van der Waals surface area (Å²) in [6.45, 7) is 0. The highest BCUT2D eigenvalue weighted by Gasteiger charge is 2.12. The Morgan fingerprint density at radius 1 is 1.36 bits per heavy atom. The molecule has 0 bridgehead atoms. The van der Waals surface area contributed by atoms with Crippen LogP contribution >= 0.6 is 0 Å². The highest BCUT2D eigenvalue weighted by atomic mass is 16.4. The SMILES string of the molecule is Nc1ccc2cccnc2c1C(=O)O. The van der Waals surface area contributed by atoms with E-state index in [4.69, 9.17) is 10.8 Å². The summed E-state index contributed by atoms with van der Waals surface area (Å²) < 4.78 is 0. The van der Waals surface area contributed by atoms with Gasteiger partial charge < -0.3 is 10.8 Å². The summed E-state index contributed by atoms with van der Waals surface area (Å²) in [6, 6.07) is 6.88. The van der Waals surface area contributed by atoms with E-state index < -0.39 is 5.97 Å². The first-order valence-electron chi connectivity index (χ1n) is 4.06. The molecule has 0 aliphatic rings. The number of hydrogen-bond acceptors (Lipinski definition) is 3. The van der Waals surface area contributed by atoms with Gasteiger partial charge in [-0.05, 0) is 12.1 Å². The minimum atomic E-state index is -1.05. The van der Waals surface area contributed by atoms with Crippen molar-refractivity contribution < 1.29 is 9.90 Å². The van der Waals surface area contributed by atoms with Crippen LogP contribution in [-0.2, 0) is 0 Å². The third-order valence-corrected chi connectivity index (χ3v) is 2.02. The molecule has 2 rings (SSSR count). The third kappa shape index (κ3) is 1.17. The van der Waals surface area contributed by atoms with Gasteiger partial charge in [0.05, 0.1) is 5.52 Å². The molecule has 1 heterocycles. The van der Waals surface area contributed by atoms with Gasteiger partial charge in [0.15, 0.2) is 0 Å². The molecule has 0 saturated carbocycles. The Morgan fingerprint density at radius 3 is 2.86 bits per heavy atom. The van der Waals surface area contributed by atoms with Gasteiger partial charge in [-0.3, -0.25) is 4.98 Å². The second kappa shape index (κ2) is 2.99. The number of benzene rings is 1. The smallest absolute Gasteiger partial charge is 0.340 e. The van der Waals surface area contributed by atoms with Crippen molar-refractivity contribution in [1.82, 2.24) is 4.98 Å². The molecule has 3 N–H and O–H groups in total. The first kappa shape index (κ1) is 8.50. The Balaban J connectivity index is 2.90. The first-order chi connectivity index (χ1) is 6.70. The van der Waals surface area contributed by atoms with Crippen LogP contribution in [0.1, 0.15) is 10.4 Å². The first-order valence-corrected chi connectivity index (χ1v) is 4.06. The molecule has 0 atom stereocenters. The van der Waals surface area contributed by atoms with Crippen LogP contribution < -0.4 is 5.73 Å². The van der Waals surface area contributed by atoms with E-state index in [1.54, 1.807) is 30.5 Å². The van der Waals surface area contributed by atoms with Crippen LogP contribution in [0.25, 0.3) is 10.9 Å². The zero-order valence-electron chi connectivity index (χ0n) is 7.27. The van der Waals surface area contributed by atoms with E-state index in [2.05, 4.69) is 4.98 Å². The summed E-state index contributed by atoms with van der Waals surface area (Å²) in [6.07, 6.45) is 1.55. The average molecular weight is 188 g/mol. The summed E-state index contributed by atoms with van der Waals surface area (Å²) in [7, 11) is 0. The van der Waals surface area contributed by atoms with Gasteiger partial charge in [0.2, 0.25) is 0 Å². The van der Waals surface area contributed by atoms with Crippen molar-refractivity contribution in [2.24, 2.45) is 0 Å². The molecular formula is C10H8N2O2. The van der Waals surface area contributed by atoms with Gasteiger partial charge in [0.1, 0.15) is 5.56 Å². The van der Waals surface area contributed by atoms with Crippen molar-refractivity contribution in [3.8, 4) is 0 Å². The molecule has 0 aliphatic carbocycles. The molecule has 70 valence electrons. The van der Waals surface area contributed by atoms with Crippen molar-refractivity contribution in [1.29, 1.82) is 0 Å². The van der Waals surface area contributed by atoms with Gasteiger partial charge in [0, 0.05) is 17.3 Å². The Bertz CT molecular complexity index is 508. The number of nitrogens with two attached hydrogens (primary N) is 1. The molecule has 4 heteroatoms. The Morgan fingerprint density at radius 2 is 2.14 bits per heavy atom. The molecule has 0 amide bonds. The fraction of sp³-hybridized carbons (Fsp3) is 0. The molecule has 0 fully saturated rings. The van der Waals surface area contributed by atoms with Gasteiger partial charge in [-0.2, -0.15) is 0 Å². The van der Waals surface area contributed by atoms with E-state index >= 15 is 0 Å². The maximum atomic E-state index is 10.9. The highest BCUT2D eigenvalue weighted by Crippen LogP contribution is 2.21. The summed E-state index contributed by atoms with van der Waals surface area (Å²) in [5.74, 6) is -1.05. The van der Waals surface area contributed by atoms with Crippen LogP contribution in [0.2, 0.25) is 0 Å². The lowest BCUT2D eigenvalue weighted by atomic mass is 10.1. The number of nitrogens with zero attached hydrogens (tertiary/aromatic N) is 1. The molecule has 0 saturated heterocycles. The molecular weight excluding hydrogens is 180 g/mol. The fourth-order valence-electron chi connectivity index (χ4n) is 1.39. The van der Waals surface area contributed by atoms with Crippen LogP contribution in [-0.4, -0.2) is 16.1 Å². The minimum Gasteiger partial charge on any atom is -0.478 e. The number of fused-ring (bicyclic) bond motifs is 1. The van der Waals surface area contributed by atoms with Gasteiger partial charge in [0.25, 0.3) is 0 Å². The largest absolute Gasteiger partial charge is 0.478 e. The standard InChI is InChI=1S/C10H8N2O2/c11-7-4-3-6-2-1-5-12-9(6)8(7)10(13)14/h1-5H,11H2,(H,13,14). The number of nitrogen functional groups attached to an aromatic ring is 1. The van der Waals surface area contributed by atoms with E-state index in [1.165, 1.54) is 0 Å². The summed E-state index contributed by atoms with van der Waals surface area (Å²) in [5.41, 5.74) is 6.31. The van der Waals surface area contributed by atoms with Crippen LogP contribution in [0.5, 0.6) is 0 Å². The number of hydrogen-bond donors (Lipinski definition) is 2. The number of carboxylic acid groups (broad SMARTS) is 1. The Labute approximate surface area is 80.0 Å². The van der Waals surface area contributed by atoms with E-state index in [0.717, 1.165) is 5.39 Å². The van der Waals surface area contributed by atoms with Crippen molar-refractivity contribution in [3.05, 3.63) is 36.0 Å². The molecule has 0 radical (unpaired) electrons. The predicted molar refractivity (Wildman–Crippen MR) is 53.1 cm³/mol. The van der Waals surface area contributed by atoms with Crippen LogP contribution in [0.15, 0.2) is 30.5 Å². The number of anilines is 1. The normalized spacial score (nSPS) is 10.3. The molecule has 4 nitrogen and oxygen atoms in total. The van der Waals surface area contributed by atoms with Crippen LogP contribution in [0.3, 0.4) is 0 Å². The lowest BCUT2D eigenvalue weighted by Gasteiger charge is -2.03. The minimum absolute atomic E-state index is 0.0723. The number of carboxylic acids is 1. The van der Waals surface area contributed by atoms with Crippen molar-refractivity contribution in [3.63, 3.8) is 0 Å². The quantitative estimate of drug-likeness (QED) is 0.665. The van der Waals surface area contributed by atoms with Gasteiger partial charge >= 0.3 is 5.97 Å². The van der Waals surface area contributed by atoms with Crippen LogP contribution in [0, 0.1) is 0 Å². The Kier molecular flexibility index (Phi) is 1.81. The van der Waals surface area contributed by atoms with E-state index in [-0.39, 0.29) is 11.3 Å². The summed E-state index contributed by atoms with van der Waals surface area (Å²) in [4.78, 5) is 14.9. The summed E-state index contributed by atoms with van der Waals surface area (Å²) >= 11 is 0. The molecule has 0 spiro atoms. The maximum absolute atomic E-state index is 10.9. The third-order valence-electron chi connectivity index (χ3n) is 2.02. The summed E-state index contributed by atoms with van der Waals surface area (Å²) in [5, 5.41) is 9.72. The van der Waals surface area contributed by atoms with Gasteiger partial charge in [-0.25, -0.2) is 4.79 Å². The molecule has 1 aromatic carbocycles. The Hall–Kier alpha value is -2.10.